The van der Waals surface area contributed by atoms with Crippen LogP contribution in [-0.2, 0) is 4.79 Å². The van der Waals surface area contributed by atoms with Crippen LogP contribution in [0, 0.1) is 6.92 Å². The molecule has 6 heteroatoms. The highest BCUT2D eigenvalue weighted by atomic mass is 19.4. The Kier molecular flexibility index (Phi) is 3.06. The second-order valence-electron chi connectivity index (χ2n) is 3.12. The molecule has 0 saturated heterocycles. The molecular formula is C9H9F3O3. The first kappa shape index (κ1) is 11.6. The van der Waals surface area contributed by atoms with Gasteiger partial charge < -0.3 is 9.52 Å². The summed E-state index contributed by atoms with van der Waals surface area (Å²) in [6.07, 6.45) is -4.44. The number of hydrogen-bond acceptors (Lipinski definition) is 2. The van der Waals surface area contributed by atoms with E-state index in [2.05, 4.69) is 0 Å². The van der Waals surface area contributed by atoms with E-state index in [0.29, 0.717) is 0 Å². The van der Waals surface area contributed by atoms with E-state index in [9.17, 15) is 18.0 Å². The topological polar surface area (TPSA) is 50.4 Å². The molecule has 84 valence electrons. The van der Waals surface area contributed by atoms with Crippen molar-refractivity contribution in [2.24, 2.45) is 0 Å². The van der Waals surface area contributed by atoms with Crippen molar-refractivity contribution in [1.29, 1.82) is 0 Å². The molecule has 1 N–H and O–H groups in total. The summed E-state index contributed by atoms with van der Waals surface area (Å²) in [5.41, 5.74) is -0.120. The van der Waals surface area contributed by atoms with Gasteiger partial charge in [0.25, 0.3) is 0 Å². The van der Waals surface area contributed by atoms with Crippen molar-refractivity contribution in [2.75, 3.05) is 0 Å². The third kappa shape index (κ3) is 2.74. The van der Waals surface area contributed by atoms with Gasteiger partial charge in [0.2, 0.25) is 0 Å². The van der Waals surface area contributed by atoms with Crippen molar-refractivity contribution in [2.45, 2.75) is 25.4 Å². The predicted molar refractivity (Wildman–Crippen MR) is 44.5 cm³/mol. The highest BCUT2D eigenvalue weighted by Gasteiger charge is 2.43. The number of aryl methyl sites for hydroxylation is 1. The molecule has 0 saturated carbocycles. The number of carboxylic acid groups (broad SMARTS) is 1. The van der Waals surface area contributed by atoms with Gasteiger partial charge in [-0.05, 0) is 13.0 Å². The lowest BCUT2D eigenvalue weighted by Crippen LogP contribution is -2.23. The van der Waals surface area contributed by atoms with Crippen LogP contribution in [0.1, 0.15) is 23.7 Å². The van der Waals surface area contributed by atoms with Gasteiger partial charge in [-0.25, -0.2) is 0 Å². The first-order valence-electron chi connectivity index (χ1n) is 4.15. The van der Waals surface area contributed by atoms with Crippen molar-refractivity contribution in [1.82, 2.24) is 0 Å². The summed E-state index contributed by atoms with van der Waals surface area (Å²) >= 11 is 0. The molecule has 1 aromatic heterocycles. The van der Waals surface area contributed by atoms with Gasteiger partial charge in [0.1, 0.15) is 5.76 Å². The first-order chi connectivity index (χ1) is 6.82. The van der Waals surface area contributed by atoms with E-state index in [1.54, 1.807) is 0 Å². The lowest BCUT2D eigenvalue weighted by molar-refractivity contribution is -0.163. The number of halogens is 3. The van der Waals surface area contributed by atoms with Crippen molar-refractivity contribution in [3.05, 3.63) is 23.7 Å². The van der Waals surface area contributed by atoms with Crippen molar-refractivity contribution >= 4 is 5.97 Å². The van der Waals surface area contributed by atoms with Crippen molar-refractivity contribution < 1.29 is 27.5 Å². The standard InChI is InChI=1S/C9H9F3O3/c1-5-6(2-3-15-5)7(4-8(13)14)9(10,11)12/h2-3,7H,4H2,1H3,(H,13,14). The molecular weight excluding hydrogens is 213 g/mol. The van der Waals surface area contributed by atoms with Gasteiger partial charge in [-0.1, -0.05) is 0 Å². The van der Waals surface area contributed by atoms with Gasteiger partial charge in [-0.3, -0.25) is 4.79 Å². The minimum absolute atomic E-state index is 0.0959. The van der Waals surface area contributed by atoms with Gasteiger partial charge in [0.05, 0.1) is 18.6 Å². The normalized spacial score (nSPS) is 13.9. The molecule has 0 aliphatic rings. The average molecular weight is 222 g/mol. The van der Waals surface area contributed by atoms with Crippen LogP contribution in [0.3, 0.4) is 0 Å². The number of hydrogen-bond donors (Lipinski definition) is 1. The number of aliphatic carboxylic acids is 1. The molecule has 1 heterocycles. The van der Waals surface area contributed by atoms with Crippen molar-refractivity contribution in [3.63, 3.8) is 0 Å². The number of carboxylic acids is 1. The zero-order valence-corrected chi connectivity index (χ0v) is 7.84. The van der Waals surface area contributed by atoms with Gasteiger partial charge in [-0.2, -0.15) is 13.2 Å². The van der Waals surface area contributed by atoms with Crippen LogP contribution in [0.2, 0.25) is 0 Å². The molecule has 0 aromatic carbocycles. The molecule has 1 unspecified atom stereocenters. The van der Waals surface area contributed by atoms with Crippen LogP contribution in [0.15, 0.2) is 16.7 Å². The lowest BCUT2D eigenvalue weighted by Gasteiger charge is -2.17. The fraction of sp³-hybridized carbons (Fsp3) is 0.444. The Hall–Kier alpha value is -1.46. The van der Waals surface area contributed by atoms with E-state index in [-0.39, 0.29) is 11.3 Å². The second kappa shape index (κ2) is 3.96. The maximum Gasteiger partial charge on any atom is 0.396 e. The maximum atomic E-state index is 12.5. The van der Waals surface area contributed by atoms with Gasteiger partial charge in [0, 0.05) is 5.56 Å². The average Bonchev–Trinajstić information content (AvgIpc) is 2.45. The molecule has 1 aromatic rings. The van der Waals surface area contributed by atoms with Crippen LogP contribution in [0.5, 0.6) is 0 Å². The minimum atomic E-state index is -4.58. The van der Waals surface area contributed by atoms with Gasteiger partial charge >= 0.3 is 12.1 Å². The highest BCUT2D eigenvalue weighted by molar-refractivity contribution is 5.68. The van der Waals surface area contributed by atoms with Crippen LogP contribution in [0.4, 0.5) is 13.2 Å². The second-order valence-corrected chi connectivity index (χ2v) is 3.12. The number of alkyl halides is 3. The summed E-state index contributed by atoms with van der Waals surface area (Å²) in [5.74, 6) is -3.40. The zero-order chi connectivity index (χ0) is 11.6. The Labute approximate surface area is 83.5 Å². The van der Waals surface area contributed by atoms with Gasteiger partial charge in [-0.15, -0.1) is 0 Å². The summed E-state index contributed by atoms with van der Waals surface area (Å²) in [6, 6.07) is 1.15. The molecule has 3 nitrogen and oxygen atoms in total. The largest absolute Gasteiger partial charge is 0.481 e. The van der Waals surface area contributed by atoms with Crippen LogP contribution in [0.25, 0.3) is 0 Å². The molecule has 0 fully saturated rings. The Morgan fingerprint density at radius 2 is 2.20 bits per heavy atom. The molecule has 0 amide bonds. The Morgan fingerprint density at radius 3 is 2.53 bits per heavy atom. The molecule has 0 aliphatic heterocycles. The Bertz CT molecular complexity index is 354. The van der Waals surface area contributed by atoms with Crippen LogP contribution < -0.4 is 0 Å². The van der Waals surface area contributed by atoms with E-state index in [0.717, 1.165) is 12.3 Å². The summed E-state index contributed by atoms with van der Waals surface area (Å²) in [7, 11) is 0. The van der Waals surface area contributed by atoms with E-state index in [1.807, 2.05) is 0 Å². The summed E-state index contributed by atoms with van der Waals surface area (Å²) < 4.78 is 42.3. The van der Waals surface area contributed by atoms with Crippen molar-refractivity contribution in [3.8, 4) is 0 Å². The summed E-state index contributed by atoms with van der Waals surface area (Å²) in [6.45, 7) is 1.37. The van der Waals surface area contributed by atoms with E-state index < -0.39 is 24.5 Å². The number of furan rings is 1. The number of carbonyl (C=O) groups is 1. The minimum Gasteiger partial charge on any atom is -0.481 e. The van der Waals surface area contributed by atoms with Crippen LogP contribution in [-0.4, -0.2) is 17.3 Å². The quantitative estimate of drug-likeness (QED) is 0.855. The fourth-order valence-corrected chi connectivity index (χ4v) is 1.33. The monoisotopic (exact) mass is 222 g/mol. The lowest BCUT2D eigenvalue weighted by atomic mass is 9.96. The SMILES string of the molecule is Cc1occc1C(CC(=O)O)C(F)(F)F. The highest BCUT2D eigenvalue weighted by Crippen LogP contribution is 2.38. The molecule has 1 rings (SSSR count). The fourth-order valence-electron chi connectivity index (χ4n) is 1.33. The first-order valence-corrected chi connectivity index (χ1v) is 4.15. The Morgan fingerprint density at radius 1 is 1.60 bits per heavy atom. The van der Waals surface area contributed by atoms with Crippen LogP contribution >= 0.6 is 0 Å². The third-order valence-electron chi connectivity index (χ3n) is 2.05. The van der Waals surface area contributed by atoms with E-state index in [1.165, 1.54) is 6.92 Å². The number of rotatable bonds is 3. The summed E-state index contributed by atoms with van der Waals surface area (Å²) in [4.78, 5) is 10.3. The van der Waals surface area contributed by atoms with E-state index >= 15 is 0 Å². The molecule has 0 spiro atoms. The molecule has 0 radical (unpaired) electrons. The molecule has 15 heavy (non-hydrogen) atoms. The molecule has 1 atom stereocenters. The van der Waals surface area contributed by atoms with E-state index in [4.69, 9.17) is 9.52 Å². The summed E-state index contributed by atoms with van der Waals surface area (Å²) in [5, 5.41) is 8.41. The molecule has 0 aliphatic carbocycles. The smallest absolute Gasteiger partial charge is 0.396 e. The third-order valence-corrected chi connectivity index (χ3v) is 2.05. The molecule has 0 bridgehead atoms. The predicted octanol–water partition coefficient (Wildman–Crippen LogP) is 2.71. The van der Waals surface area contributed by atoms with Gasteiger partial charge in [0.15, 0.2) is 0 Å². The maximum absolute atomic E-state index is 12.5. The Balaban J connectivity index is 3.02. The zero-order valence-electron chi connectivity index (χ0n) is 7.84.